The molecule has 1 atom stereocenters. The molecule has 32 heavy (non-hydrogen) atoms. The van der Waals surface area contributed by atoms with Crippen molar-refractivity contribution in [3.8, 4) is 11.6 Å². The SMILES string of the molecule is C=CC(=O)N1CC[C@@H](Nc2ncnc(N)c2C(=N)c2ccc(Oc3ccccc3)nc2)C1. The number of nitrogens with one attached hydrogen (secondary N) is 2. The van der Waals surface area contributed by atoms with Gasteiger partial charge in [-0.15, -0.1) is 0 Å². The molecule has 1 fully saturated rings. The summed E-state index contributed by atoms with van der Waals surface area (Å²) in [4.78, 5) is 26.2. The van der Waals surface area contributed by atoms with Gasteiger partial charge in [0.2, 0.25) is 11.8 Å². The number of likely N-dealkylation sites (tertiary alicyclic amines) is 1. The minimum Gasteiger partial charge on any atom is -0.439 e. The van der Waals surface area contributed by atoms with Crippen molar-refractivity contribution >= 4 is 23.3 Å². The summed E-state index contributed by atoms with van der Waals surface area (Å²) < 4.78 is 5.71. The molecule has 1 amide bonds. The highest BCUT2D eigenvalue weighted by Crippen LogP contribution is 2.25. The lowest BCUT2D eigenvalue weighted by Gasteiger charge is -2.18. The van der Waals surface area contributed by atoms with Crippen LogP contribution in [0.5, 0.6) is 11.6 Å². The van der Waals surface area contributed by atoms with Crippen LogP contribution in [0.3, 0.4) is 0 Å². The third-order valence-electron chi connectivity index (χ3n) is 5.13. The molecule has 0 aliphatic carbocycles. The van der Waals surface area contributed by atoms with E-state index in [1.807, 2.05) is 30.3 Å². The summed E-state index contributed by atoms with van der Waals surface area (Å²) in [6.45, 7) is 4.68. The summed E-state index contributed by atoms with van der Waals surface area (Å²) in [5.41, 5.74) is 7.18. The summed E-state index contributed by atoms with van der Waals surface area (Å²) in [6.07, 6.45) is 4.97. The number of anilines is 2. The molecule has 3 heterocycles. The van der Waals surface area contributed by atoms with E-state index >= 15 is 0 Å². The van der Waals surface area contributed by atoms with Gasteiger partial charge in [0.1, 0.15) is 23.7 Å². The van der Waals surface area contributed by atoms with Crippen LogP contribution in [0.15, 0.2) is 67.6 Å². The maximum absolute atomic E-state index is 11.9. The number of rotatable bonds is 7. The number of carbonyl (C=O) groups is 1. The van der Waals surface area contributed by atoms with Crippen LogP contribution in [-0.4, -0.2) is 50.6 Å². The van der Waals surface area contributed by atoms with Crippen molar-refractivity contribution in [3.63, 3.8) is 0 Å². The van der Waals surface area contributed by atoms with Crippen molar-refractivity contribution in [2.45, 2.75) is 12.5 Å². The molecule has 1 aromatic carbocycles. The Bertz CT molecular complexity index is 1130. The number of nitrogen functional groups attached to an aromatic ring is 1. The van der Waals surface area contributed by atoms with Gasteiger partial charge >= 0.3 is 0 Å². The van der Waals surface area contributed by atoms with Crippen LogP contribution < -0.4 is 15.8 Å². The zero-order valence-corrected chi connectivity index (χ0v) is 17.4. The Hall–Kier alpha value is -4.27. The molecule has 0 unspecified atom stereocenters. The van der Waals surface area contributed by atoms with Gasteiger partial charge in [-0.25, -0.2) is 15.0 Å². The quantitative estimate of drug-likeness (QED) is 0.389. The van der Waals surface area contributed by atoms with Crippen molar-refractivity contribution in [2.24, 2.45) is 0 Å². The first-order chi connectivity index (χ1) is 15.5. The second kappa shape index (κ2) is 9.25. The molecule has 3 aromatic rings. The number of ether oxygens (including phenoxy) is 1. The van der Waals surface area contributed by atoms with Crippen molar-refractivity contribution in [2.75, 3.05) is 24.1 Å². The minimum absolute atomic E-state index is 0.0143. The predicted molar refractivity (Wildman–Crippen MR) is 122 cm³/mol. The van der Waals surface area contributed by atoms with Gasteiger partial charge in [0, 0.05) is 37.0 Å². The minimum atomic E-state index is -0.103. The van der Waals surface area contributed by atoms with E-state index in [2.05, 4.69) is 26.8 Å². The van der Waals surface area contributed by atoms with Crippen LogP contribution in [0.1, 0.15) is 17.5 Å². The number of hydrogen-bond donors (Lipinski definition) is 3. The van der Waals surface area contributed by atoms with E-state index in [-0.39, 0.29) is 23.5 Å². The van der Waals surface area contributed by atoms with Gasteiger partial charge in [-0.2, -0.15) is 0 Å². The fourth-order valence-corrected chi connectivity index (χ4v) is 3.50. The van der Waals surface area contributed by atoms with Gasteiger partial charge in [-0.05, 0) is 30.7 Å². The molecule has 1 aliphatic heterocycles. The third kappa shape index (κ3) is 4.56. The number of carbonyl (C=O) groups excluding carboxylic acids is 1. The number of nitrogens with two attached hydrogens (primary N) is 1. The molecule has 1 aliphatic rings. The Labute approximate surface area is 185 Å². The van der Waals surface area contributed by atoms with Crippen LogP contribution >= 0.6 is 0 Å². The van der Waals surface area contributed by atoms with E-state index in [0.29, 0.717) is 41.7 Å². The highest BCUT2D eigenvalue weighted by molar-refractivity contribution is 6.16. The molecule has 0 spiro atoms. The average molecular weight is 429 g/mol. The lowest BCUT2D eigenvalue weighted by atomic mass is 10.0. The third-order valence-corrected chi connectivity index (χ3v) is 5.13. The maximum Gasteiger partial charge on any atom is 0.246 e. The van der Waals surface area contributed by atoms with E-state index < -0.39 is 0 Å². The lowest BCUT2D eigenvalue weighted by molar-refractivity contribution is -0.125. The molecule has 9 heteroatoms. The lowest BCUT2D eigenvalue weighted by Crippen LogP contribution is -2.30. The van der Waals surface area contributed by atoms with Crippen LogP contribution in [-0.2, 0) is 4.79 Å². The Morgan fingerprint density at radius 2 is 2.03 bits per heavy atom. The van der Waals surface area contributed by atoms with E-state index in [0.717, 1.165) is 6.42 Å². The molecule has 0 saturated carbocycles. The highest BCUT2D eigenvalue weighted by atomic mass is 16.5. The zero-order valence-electron chi connectivity index (χ0n) is 17.4. The van der Waals surface area contributed by atoms with Crippen LogP contribution in [0.2, 0.25) is 0 Å². The number of nitrogens with zero attached hydrogens (tertiary/aromatic N) is 4. The molecule has 9 nitrogen and oxygen atoms in total. The van der Waals surface area contributed by atoms with Crippen molar-refractivity contribution in [1.82, 2.24) is 19.9 Å². The Morgan fingerprint density at radius 3 is 2.75 bits per heavy atom. The molecular weight excluding hydrogens is 406 g/mol. The fraction of sp³-hybridized carbons (Fsp3) is 0.174. The van der Waals surface area contributed by atoms with Gasteiger partial charge in [-0.1, -0.05) is 24.8 Å². The fourth-order valence-electron chi connectivity index (χ4n) is 3.50. The maximum atomic E-state index is 11.9. The molecule has 4 rings (SSSR count). The number of aromatic nitrogens is 3. The van der Waals surface area contributed by atoms with Gasteiger partial charge in [0.15, 0.2) is 0 Å². The van der Waals surface area contributed by atoms with Crippen molar-refractivity contribution in [3.05, 3.63) is 78.8 Å². The number of hydrogen-bond acceptors (Lipinski definition) is 8. The zero-order chi connectivity index (χ0) is 22.5. The molecule has 4 N–H and O–H groups in total. The van der Waals surface area contributed by atoms with E-state index in [1.165, 1.54) is 12.4 Å². The Kier molecular flexibility index (Phi) is 6.07. The number of amides is 1. The van der Waals surface area contributed by atoms with Gasteiger partial charge in [-0.3, -0.25) is 10.2 Å². The Balaban J connectivity index is 1.51. The molecule has 2 aromatic heterocycles. The van der Waals surface area contributed by atoms with E-state index in [4.69, 9.17) is 15.9 Å². The monoisotopic (exact) mass is 429 g/mol. The molecular formula is C23H23N7O2. The average Bonchev–Trinajstić information content (AvgIpc) is 3.28. The highest BCUT2D eigenvalue weighted by Gasteiger charge is 2.27. The first-order valence-electron chi connectivity index (χ1n) is 10.1. The van der Waals surface area contributed by atoms with Crippen molar-refractivity contribution in [1.29, 1.82) is 5.41 Å². The molecule has 0 bridgehead atoms. The first kappa shape index (κ1) is 21.0. The summed E-state index contributed by atoms with van der Waals surface area (Å²) in [5, 5.41) is 12.0. The standard InChI is InChI=1S/C23H23N7O2/c1-2-19(31)30-11-10-16(13-30)29-23-20(22(25)27-14-28-23)21(24)15-8-9-18(26-12-15)32-17-6-4-3-5-7-17/h2-9,12,14,16,24H,1,10-11,13H2,(H3,25,27,28,29)/t16-/m1/s1. The summed E-state index contributed by atoms with van der Waals surface area (Å²) in [6, 6.07) is 12.8. The summed E-state index contributed by atoms with van der Waals surface area (Å²) in [7, 11) is 0. The van der Waals surface area contributed by atoms with Crippen LogP contribution in [0, 0.1) is 5.41 Å². The topological polar surface area (TPSA) is 130 Å². The number of para-hydroxylation sites is 1. The van der Waals surface area contributed by atoms with Gasteiger partial charge in [0.05, 0.1) is 11.3 Å². The van der Waals surface area contributed by atoms with Crippen LogP contribution in [0.25, 0.3) is 0 Å². The second-order valence-corrected chi connectivity index (χ2v) is 7.28. The Morgan fingerprint density at radius 1 is 1.22 bits per heavy atom. The molecule has 0 radical (unpaired) electrons. The van der Waals surface area contributed by atoms with Gasteiger partial charge in [0.25, 0.3) is 0 Å². The van der Waals surface area contributed by atoms with Crippen molar-refractivity contribution < 1.29 is 9.53 Å². The predicted octanol–water partition coefficient (Wildman–Crippen LogP) is 2.86. The smallest absolute Gasteiger partial charge is 0.246 e. The normalized spacial score (nSPS) is 15.2. The largest absolute Gasteiger partial charge is 0.439 e. The molecule has 1 saturated heterocycles. The van der Waals surface area contributed by atoms with E-state index in [1.54, 1.807) is 23.2 Å². The summed E-state index contributed by atoms with van der Waals surface area (Å²) in [5.74, 6) is 1.63. The van der Waals surface area contributed by atoms with Crippen LogP contribution in [0.4, 0.5) is 11.6 Å². The van der Waals surface area contributed by atoms with Gasteiger partial charge < -0.3 is 20.7 Å². The summed E-state index contributed by atoms with van der Waals surface area (Å²) >= 11 is 0. The number of pyridine rings is 1. The van der Waals surface area contributed by atoms with E-state index in [9.17, 15) is 4.79 Å². The number of benzene rings is 1. The molecule has 162 valence electrons. The second-order valence-electron chi connectivity index (χ2n) is 7.28. The first-order valence-corrected chi connectivity index (χ1v) is 10.1.